The number of carbonyl (C=O) groups is 1. The topological polar surface area (TPSA) is 96.6 Å². The van der Waals surface area contributed by atoms with Crippen molar-refractivity contribution in [1.29, 1.82) is 0 Å². The molecule has 2 aliphatic heterocycles. The summed E-state index contributed by atoms with van der Waals surface area (Å²) in [6.45, 7) is 4.63. The van der Waals surface area contributed by atoms with Gasteiger partial charge in [-0.1, -0.05) is 17.3 Å². The Hall–Kier alpha value is -2.30. The number of amides is 1. The van der Waals surface area contributed by atoms with Gasteiger partial charge >= 0.3 is 0 Å². The predicted octanol–water partition coefficient (Wildman–Crippen LogP) is 4.06. The van der Waals surface area contributed by atoms with E-state index in [1.54, 1.807) is 25.2 Å². The lowest BCUT2D eigenvalue weighted by atomic mass is 9.93. The Morgan fingerprint density at radius 2 is 1.85 bits per heavy atom. The molecule has 5 rings (SSSR count). The molecular weight excluding hydrogens is 460 g/mol. The van der Waals surface area contributed by atoms with Crippen LogP contribution in [0, 0.1) is 19.8 Å². The van der Waals surface area contributed by atoms with Gasteiger partial charge in [-0.15, -0.1) is 11.3 Å². The molecule has 0 radical (unpaired) electrons. The van der Waals surface area contributed by atoms with Crippen molar-refractivity contribution in [2.45, 2.75) is 56.9 Å². The first kappa shape index (κ1) is 22.5. The molecule has 10 heteroatoms. The number of benzene rings is 1. The van der Waals surface area contributed by atoms with Crippen molar-refractivity contribution in [3.63, 3.8) is 0 Å². The van der Waals surface area contributed by atoms with Crippen molar-refractivity contribution >= 4 is 37.5 Å². The van der Waals surface area contributed by atoms with Gasteiger partial charge in [0.25, 0.3) is 0 Å². The fourth-order valence-electron chi connectivity index (χ4n) is 5.03. The van der Waals surface area contributed by atoms with Crippen molar-refractivity contribution in [1.82, 2.24) is 19.3 Å². The number of aromatic nitrogens is 2. The fourth-order valence-corrected chi connectivity index (χ4v) is 7.91. The molecule has 2 fully saturated rings. The molecule has 1 atom stereocenters. The van der Waals surface area contributed by atoms with Gasteiger partial charge in [-0.3, -0.25) is 4.79 Å². The van der Waals surface area contributed by atoms with Crippen molar-refractivity contribution in [2.75, 3.05) is 19.6 Å². The number of aryl methyl sites for hydroxylation is 2. The summed E-state index contributed by atoms with van der Waals surface area (Å²) in [5, 5.41) is 4.79. The maximum Gasteiger partial charge on any atom is 0.248 e. The summed E-state index contributed by atoms with van der Waals surface area (Å²) in [6, 6.07) is 8.09. The Balaban J connectivity index is 1.30. The second-order valence-electron chi connectivity index (χ2n) is 8.89. The van der Waals surface area contributed by atoms with E-state index in [1.165, 1.54) is 4.31 Å². The molecule has 0 spiro atoms. The summed E-state index contributed by atoms with van der Waals surface area (Å²) in [5.41, 5.74) is 1.35. The van der Waals surface area contributed by atoms with E-state index in [0.29, 0.717) is 37.4 Å². The van der Waals surface area contributed by atoms with Crippen LogP contribution in [0.2, 0.25) is 0 Å². The summed E-state index contributed by atoms with van der Waals surface area (Å²) >= 11 is 1.67. The Morgan fingerprint density at radius 3 is 2.55 bits per heavy atom. The molecule has 0 N–H and O–H groups in total. The molecule has 0 bridgehead atoms. The minimum Gasteiger partial charge on any atom is -0.360 e. The summed E-state index contributed by atoms with van der Waals surface area (Å²) in [6.07, 6.45) is 4.03. The maximum absolute atomic E-state index is 13.6. The number of sulfonamides is 1. The van der Waals surface area contributed by atoms with Gasteiger partial charge in [0.1, 0.15) is 15.6 Å². The van der Waals surface area contributed by atoms with Crippen LogP contribution < -0.4 is 0 Å². The first-order valence-electron chi connectivity index (χ1n) is 11.4. The van der Waals surface area contributed by atoms with Crippen LogP contribution in [0.3, 0.4) is 0 Å². The number of rotatable bonds is 4. The van der Waals surface area contributed by atoms with Crippen LogP contribution in [-0.4, -0.2) is 53.3 Å². The zero-order chi connectivity index (χ0) is 23.2. The van der Waals surface area contributed by atoms with Gasteiger partial charge in [-0.2, -0.15) is 4.31 Å². The average Bonchev–Trinajstić information content (AvgIpc) is 3.41. The number of hydrogen-bond donors (Lipinski definition) is 0. The monoisotopic (exact) mass is 488 g/mol. The lowest BCUT2D eigenvalue weighted by Gasteiger charge is -2.39. The van der Waals surface area contributed by atoms with Crippen LogP contribution in [0.15, 0.2) is 33.7 Å². The first-order valence-corrected chi connectivity index (χ1v) is 13.7. The van der Waals surface area contributed by atoms with Crippen LogP contribution in [0.1, 0.15) is 54.6 Å². The lowest BCUT2D eigenvalue weighted by Crippen LogP contribution is -2.46. The smallest absolute Gasteiger partial charge is 0.248 e. The summed E-state index contributed by atoms with van der Waals surface area (Å²) in [7, 11) is -3.68. The van der Waals surface area contributed by atoms with Crippen molar-refractivity contribution in [2.24, 2.45) is 5.92 Å². The lowest BCUT2D eigenvalue weighted by molar-refractivity contribution is -0.140. The van der Waals surface area contributed by atoms with E-state index in [-0.39, 0.29) is 22.8 Å². The van der Waals surface area contributed by atoms with E-state index >= 15 is 0 Å². The van der Waals surface area contributed by atoms with Crippen LogP contribution in [0.5, 0.6) is 0 Å². The molecule has 2 saturated heterocycles. The molecule has 3 aromatic rings. The van der Waals surface area contributed by atoms with Gasteiger partial charge in [0.2, 0.25) is 15.9 Å². The number of thiazole rings is 1. The van der Waals surface area contributed by atoms with Crippen LogP contribution >= 0.6 is 11.3 Å². The number of para-hydroxylation sites is 1. The molecule has 2 aliphatic rings. The Morgan fingerprint density at radius 1 is 1.09 bits per heavy atom. The molecule has 1 amide bonds. The number of likely N-dealkylation sites (tertiary alicyclic amines) is 1. The first-order chi connectivity index (χ1) is 15.9. The zero-order valence-corrected chi connectivity index (χ0v) is 20.5. The fraction of sp³-hybridized carbons (Fsp3) is 0.522. The maximum atomic E-state index is 13.6. The largest absolute Gasteiger partial charge is 0.360 e. The molecule has 0 saturated carbocycles. The molecule has 1 unspecified atom stereocenters. The molecule has 0 aliphatic carbocycles. The highest BCUT2D eigenvalue weighted by Gasteiger charge is 2.39. The van der Waals surface area contributed by atoms with Gasteiger partial charge in [0.15, 0.2) is 5.76 Å². The Kier molecular flexibility index (Phi) is 6.00. The van der Waals surface area contributed by atoms with Crippen LogP contribution in [0.25, 0.3) is 10.2 Å². The molecule has 2 aromatic heterocycles. The van der Waals surface area contributed by atoms with Crippen LogP contribution in [-0.2, 0) is 14.8 Å². The summed E-state index contributed by atoms with van der Waals surface area (Å²) in [5.74, 6) is 0.266. The average molecular weight is 489 g/mol. The summed E-state index contributed by atoms with van der Waals surface area (Å²) in [4.78, 5) is 20.5. The third-order valence-electron chi connectivity index (χ3n) is 6.75. The van der Waals surface area contributed by atoms with Gasteiger partial charge < -0.3 is 9.42 Å². The van der Waals surface area contributed by atoms with Gasteiger partial charge in [-0.25, -0.2) is 13.4 Å². The van der Waals surface area contributed by atoms with E-state index in [4.69, 9.17) is 9.51 Å². The van der Waals surface area contributed by atoms with Crippen molar-refractivity contribution < 1.29 is 17.7 Å². The number of hydrogen-bond acceptors (Lipinski definition) is 7. The highest BCUT2D eigenvalue weighted by Crippen LogP contribution is 2.37. The van der Waals surface area contributed by atoms with E-state index in [9.17, 15) is 13.2 Å². The Labute approximate surface area is 197 Å². The van der Waals surface area contributed by atoms with E-state index in [0.717, 1.165) is 41.0 Å². The van der Waals surface area contributed by atoms with Gasteiger partial charge in [0, 0.05) is 25.6 Å². The third-order valence-corrected chi connectivity index (χ3v) is 10.0. The third kappa shape index (κ3) is 4.08. The molecule has 33 heavy (non-hydrogen) atoms. The van der Waals surface area contributed by atoms with Gasteiger partial charge in [-0.05, 0) is 58.1 Å². The molecule has 176 valence electrons. The van der Waals surface area contributed by atoms with E-state index in [1.807, 2.05) is 23.1 Å². The SMILES string of the molecule is Cc1noc(C)c1S(=O)(=O)N1CCC(C(=O)N2CCCCC2c2nc3ccccc3s2)CC1. The number of carbonyl (C=O) groups excluding carboxylic acids is 1. The van der Waals surface area contributed by atoms with E-state index in [2.05, 4.69) is 11.2 Å². The highest BCUT2D eigenvalue weighted by molar-refractivity contribution is 7.89. The second-order valence-corrected chi connectivity index (χ2v) is 11.8. The second kappa shape index (κ2) is 8.81. The quantitative estimate of drug-likeness (QED) is 0.550. The Bertz CT molecular complexity index is 1220. The normalized spacial score (nSPS) is 21.0. The predicted molar refractivity (Wildman–Crippen MR) is 125 cm³/mol. The number of fused-ring (bicyclic) bond motifs is 1. The minimum atomic E-state index is -3.68. The summed E-state index contributed by atoms with van der Waals surface area (Å²) < 4.78 is 33.9. The number of nitrogens with zero attached hydrogens (tertiary/aromatic N) is 4. The minimum absolute atomic E-state index is 0.00714. The van der Waals surface area contributed by atoms with Gasteiger partial charge in [0.05, 0.1) is 16.3 Å². The van der Waals surface area contributed by atoms with E-state index < -0.39 is 10.0 Å². The molecule has 4 heterocycles. The van der Waals surface area contributed by atoms with Crippen molar-refractivity contribution in [3.05, 3.63) is 40.7 Å². The highest BCUT2D eigenvalue weighted by atomic mass is 32.2. The molecule has 8 nitrogen and oxygen atoms in total. The molecular formula is C23H28N4O4S2. The van der Waals surface area contributed by atoms with Crippen molar-refractivity contribution in [3.8, 4) is 0 Å². The standard InChI is InChI=1S/C23H28N4O4S2/c1-15-21(16(2)31-25-15)33(29,30)26-13-10-17(11-14-26)23(28)27-12-6-5-8-19(27)22-24-18-7-3-4-9-20(18)32-22/h3-4,7,9,17,19H,5-6,8,10-14H2,1-2H3. The van der Waals surface area contributed by atoms with Crippen LogP contribution in [0.4, 0.5) is 0 Å². The zero-order valence-electron chi connectivity index (χ0n) is 18.9. The molecule has 1 aromatic carbocycles. The number of piperidine rings is 2.